The lowest BCUT2D eigenvalue weighted by Gasteiger charge is -2.43. The molecule has 4 rings (SSSR count). The first-order valence-electron chi connectivity index (χ1n) is 9.27. The van der Waals surface area contributed by atoms with Crippen LogP contribution < -0.4 is 4.74 Å². The Morgan fingerprint density at radius 1 is 1.23 bits per heavy atom. The van der Waals surface area contributed by atoms with Gasteiger partial charge in [0.1, 0.15) is 11.4 Å². The van der Waals surface area contributed by atoms with Crippen molar-refractivity contribution in [2.24, 2.45) is 0 Å². The maximum atomic E-state index is 12.2. The Hall–Kier alpha value is -2.40. The summed E-state index contributed by atoms with van der Waals surface area (Å²) in [5.74, 6) is 1.02. The van der Waals surface area contributed by atoms with Gasteiger partial charge >= 0.3 is 0 Å². The van der Waals surface area contributed by atoms with Crippen LogP contribution in [0, 0.1) is 0 Å². The smallest absolute Gasteiger partial charge is 0.219 e. The zero-order valence-electron chi connectivity index (χ0n) is 15.2. The summed E-state index contributed by atoms with van der Waals surface area (Å²) >= 11 is 0. The number of hydrogen-bond acceptors (Lipinski definition) is 4. The van der Waals surface area contributed by atoms with Crippen LogP contribution in [0.25, 0.3) is 0 Å². The first-order chi connectivity index (χ1) is 12.6. The summed E-state index contributed by atoms with van der Waals surface area (Å²) in [6.07, 6.45) is 5.76. The Balaban J connectivity index is 1.59. The first kappa shape index (κ1) is 17.0. The van der Waals surface area contributed by atoms with Gasteiger partial charge in [0.2, 0.25) is 5.91 Å². The average molecular weight is 351 g/mol. The highest BCUT2D eigenvalue weighted by atomic mass is 16.5. The van der Waals surface area contributed by atoms with Gasteiger partial charge in [-0.15, -0.1) is 0 Å². The van der Waals surface area contributed by atoms with E-state index in [2.05, 4.69) is 22.0 Å². The molecule has 136 valence electrons. The maximum Gasteiger partial charge on any atom is 0.219 e. The minimum Gasteiger partial charge on any atom is -0.484 e. The van der Waals surface area contributed by atoms with E-state index in [1.54, 1.807) is 13.1 Å². The number of piperidine rings is 1. The van der Waals surface area contributed by atoms with Crippen molar-refractivity contribution in [1.29, 1.82) is 0 Å². The third-order valence-electron chi connectivity index (χ3n) is 5.33. The largest absolute Gasteiger partial charge is 0.484 e. The summed E-state index contributed by atoms with van der Waals surface area (Å²) in [7, 11) is 0. The summed E-state index contributed by atoms with van der Waals surface area (Å²) in [6, 6.07) is 12.2. The molecule has 2 aliphatic rings. The second-order valence-electron chi connectivity index (χ2n) is 7.44. The standard InChI is InChI=1S/C21H25N3O2/c1-17(25)24-14-19-7-2-3-8-20(19)26-21(16-24)9-5-11-23(15-21)13-18-6-4-10-22-12-18/h2-4,6-8,10,12H,5,9,11,13-16H2,1H3/t21-/m1/s1. The summed E-state index contributed by atoms with van der Waals surface area (Å²) in [6.45, 7) is 5.64. The average Bonchev–Trinajstić information content (AvgIpc) is 2.79. The van der Waals surface area contributed by atoms with Gasteiger partial charge in [-0.25, -0.2) is 0 Å². The summed E-state index contributed by atoms with van der Waals surface area (Å²) in [5.41, 5.74) is 1.95. The summed E-state index contributed by atoms with van der Waals surface area (Å²) < 4.78 is 6.58. The van der Waals surface area contributed by atoms with Crippen LogP contribution in [0.4, 0.5) is 0 Å². The fraction of sp³-hybridized carbons (Fsp3) is 0.429. The van der Waals surface area contributed by atoms with Gasteiger partial charge < -0.3 is 9.64 Å². The number of ether oxygens (including phenoxy) is 1. The molecule has 1 atom stereocenters. The predicted molar refractivity (Wildman–Crippen MR) is 99.6 cm³/mol. The van der Waals surface area contributed by atoms with Crippen molar-refractivity contribution >= 4 is 5.91 Å². The summed E-state index contributed by atoms with van der Waals surface area (Å²) in [5, 5.41) is 0. The Kier molecular flexibility index (Phi) is 4.64. The molecule has 0 unspecified atom stereocenters. The van der Waals surface area contributed by atoms with E-state index in [-0.39, 0.29) is 11.5 Å². The zero-order valence-corrected chi connectivity index (χ0v) is 15.2. The number of amides is 1. The number of pyridine rings is 1. The molecule has 1 amide bonds. The van der Waals surface area contributed by atoms with Gasteiger partial charge in [0.25, 0.3) is 0 Å². The van der Waals surface area contributed by atoms with Crippen LogP contribution >= 0.6 is 0 Å². The molecular weight excluding hydrogens is 326 g/mol. The Morgan fingerprint density at radius 2 is 2.12 bits per heavy atom. The van der Waals surface area contributed by atoms with Crippen LogP contribution in [-0.2, 0) is 17.9 Å². The van der Waals surface area contributed by atoms with E-state index < -0.39 is 0 Å². The molecule has 1 saturated heterocycles. The van der Waals surface area contributed by atoms with Crippen LogP contribution in [0.15, 0.2) is 48.8 Å². The fourth-order valence-electron chi connectivity index (χ4n) is 4.12. The number of benzene rings is 1. The lowest BCUT2D eigenvalue weighted by molar-refractivity contribution is -0.133. The highest BCUT2D eigenvalue weighted by Gasteiger charge is 2.42. The van der Waals surface area contributed by atoms with E-state index in [4.69, 9.17) is 4.74 Å². The second-order valence-corrected chi connectivity index (χ2v) is 7.44. The number of likely N-dealkylation sites (tertiary alicyclic amines) is 1. The highest BCUT2D eigenvalue weighted by molar-refractivity contribution is 5.73. The highest BCUT2D eigenvalue weighted by Crippen LogP contribution is 2.35. The molecule has 2 aliphatic heterocycles. The fourth-order valence-corrected chi connectivity index (χ4v) is 4.12. The second kappa shape index (κ2) is 7.08. The molecular formula is C21H25N3O2. The van der Waals surface area contributed by atoms with Crippen molar-refractivity contribution in [2.45, 2.75) is 38.5 Å². The molecule has 5 heteroatoms. The van der Waals surface area contributed by atoms with Crippen molar-refractivity contribution in [3.05, 3.63) is 59.9 Å². The van der Waals surface area contributed by atoms with Crippen LogP contribution in [0.5, 0.6) is 5.75 Å². The molecule has 5 nitrogen and oxygen atoms in total. The maximum absolute atomic E-state index is 12.2. The molecule has 1 spiro atoms. The van der Waals surface area contributed by atoms with Crippen molar-refractivity contribution in [2.75, 3.05) is 19.6 Å². The molecule has 0 aliphatic carbocycles. The predicted octanol–water partition coefficient (Wildman–Crippen LogP) is 2.86. The SMILES string of the molecule is CC(=O)N1Cc2ccccc2O[C@@]2(CCCN(Cc3cccnc3)C2)C1. The van der Waals surface area contributed by atoms with Crippen LogP contribution in [0.1, 0.15) is 30.9 Å². The van der Waals surface area contributed by atoms with E-state index in [1.807, 2.05) is 35.4 Å². The molecule has 26 heavy (non-hydrogen) atoms. The van der Waals surface area contributed by atoms with Crippen molar-refractivity contribution in [1.82, 2.24) is 14.8 Å². The Labute approximate surface area is 154 Å². The lowest BCUT2D eigenvalue weighted by Crippen LogP contribution is -2.57. The molecule has 1 aromatic carbocycles. The van der Waals surface area contributed by atoms with Crippen LogP contribution in [0.2, 0.25) is 0 Å². The molecule has 3 heterocycles. The van der Waals surface area contributed by atoms with Gasteiger partial charge in [-0.05, 0) is 37.1 Å². The number of hydrogen-bond donors (Lipinski definition) is 0. The van der Waals surface area contributed by atoms with Gasteiger partial charge in [0, 0.05) is 44.5 Å². The molecule has 0 radical (unpaired) electrons. The van der Waals surface area contributed by atoms with Gasteiger partial charge in [0.05, 0.1) is 6.54 Å². The molecule has 0 bridgehead atoms. The van der Waals surface area contributed by atoms with Gasteiger partial charge in [-0.3, -0.25) is 14.7 Å². The van der Waals surface area contributed by atoms with E-state index in [1.165, 1.54) is 5.56 Å². The van der Waals surface area contributed by atoms with Gasteiger partial charge in [0.15, 0.2) is 0 Å². The molecule has 2 aromatic rings. The van der Waals surface area contributed by atoms with E-state index in [0.29, 0.717) is 13.1 Å². The first-order valence-corrected chi connectivity index (χ1v) is 9.27. The monoisotopic (exact) mass is 351 g/mol. The number of carbonyl (C=O) groups is 1. The molecule has 1 fully saturated rings. The van der Waals surface area contributed by atoms with Crippen LogP contribution in [-0.4, -0.2) is 45.9 Å². The minimum atomic E-state index is -0.348. The lowest BCUT2D eigenvalue weighted by atomic mass is 9.91. The summed E-state index contributed by atoms with van der Waals surface area (Å²) in [4.78, 5) is 20.8. The van der Waals surface area contributed by atoms with Crippen molar-refractivity contribution in [3.8, 4) is 5.75 Å². The van der Waals surface area contributed by atoms with Crippen molar-refractivity contribution in [3.63, 3.8) is 0 Å². The molecule has 1 aromatic heterocycles. The van der Waals surface area contributed by atoms with E-state index >= 15 is 0 Å². The molecule has 0 N–H and O–H groups in total. The van der Waals surface area contributed by atoms with Gasteiger partial charge in [-0.2, -0.15) is 0 Å². The number of nitrogens with zero attached hydrogens (tertiary/aromatic N) is 3. The topological polar surface area (TPSA) is 45.7 Å². The number of rotatable bonds is 2. The van der Waals surface area contributed by atoms with E-state index in [9.17, 15) is 4.79 Å². The number of carbonyl (C=O) groups excluding carboxylic acids is 1. The van der Waals surface area contributed by atoms with E-state index in [0.717, 1.165) is 43.8 Å². The number of fused-ring (bicyclic) bond motifs is 1. The third kappa shape index (κ3) is 3.58. The van der Waals surface area contributed by atoms with Crippen LogP contribution in [0.3, 0.4) is 0 Å². The Morgan fingerprint density at radius 3 is 2.92 bits per heavy atom. The Bertz CT molecular complexity index is 780. The minimum absolute atomic E-state index is 0.106. The number of para-hydroxylation sites is 1. The quantitative estimate of drug-likeness (QED) is 0.835. The normalized spacial score (nSPS) is 23.2. The number of aromatic nitrogens is 1. The zero-order chi connectivity index (χ0) is 18.0. The van der Waals surface area contributed by atoms with Gasteiger partial charge in [-0.1, -0.05) is 24.3 Å². The third-order valence-corrected chi connectivity index (χ3v) is 5.33. The molecule has 0 saturated carbocycles. The van der Waals surface area contributed by atoms with Crippen molar-refractivity contribution < 1.29 is 9.53 Å².